The molecule has 22 heavy (non-hydrogen) atoms. The monoisotopic (exact) mass is 300 g/mol. The lowest BCUT2D eigenvalue weighted by molar-refractivity contribution is 0.344. The van der Waals surface area contributed by atoms with Crippen molar-refractivity contribution in [2.45, 2.75) is 79.6 Å². The number of allylic oxidation sites excluding steroid dienone is 2. The summed E-state index contributed by atoms with van der Waals surface area (Å²) in [4.78, 5) is 0. The van der Waals surface area contributed by atoms with Gasteiger partial charge in [0.15, 0.2) is 0 Å². The molecular formula is C22H36. The van der Waals surface area contributed by atoms with Gasteiger partial charge < -0.3 is 0 Å². The zero-order valence-corrected chi connectivity index (χ0v) is 15.5. The first kappa shape index (κ1) is 19.0. The highest BCUT2D eigenvalue weighted by Crippen LogP contribution is 2.25. The summed E-state index contributed by atoms with van der Waals surface area (Å²) in [6, 6.07) is 10.9. The van der Waals surface area contributed by atoms with Gasteiger partial charge in [-0.25, -0.2) is 0 Å². The van der Waals surface area contributed by atoms with Gasteiger partial charge in [-0.05, 0) is 69.8 Å². The van der Waals surface area contributed by atoms with Crippen LogP contribution in [0.15, 0.2) is 41.5 Å². The summed E-state index contributed by atoms with van der Waals surface area (Å²) in [5.74, 6) is 1.63. The van der Waals surface area contributed by atoms with Crippen LogP contribution in [-0.2, 0) is 6.42 Å². The van der Waals surface area contributed by atoms with E-state index in [1.165, 1.54) is 50.5 Å². The second-order valence-electron chi connectivity index (χ2n) is 7.18. The number of rotatable bonds is 10. The zero-order valence-electron chi connectivity index (χ0n) is 15.5. The van der Waals surface area contributed by atoms with Gasteiger partial charge in [0, 0.05) is 0 Å². The molecule has 2 unspecified atom stereocenters. The average molecular weight is 301 g/mol. The summed E-state index contributed by atoms with van der Waals surface area (Å²) < 4.78 is 0. The topological polar surface area (TPSA) is 0 Å². The van der Waals surface area contributed by atoms with Crippen LogP contribution in [0.25, 0.3) is 0 Å². The number of unbranched alkanes of at least 4 members (excludes halogenated alkanes) is 1. The lowest BCUT2D eigenvalue weighted by Crippen LogP contribution is -2.09. The van der Waals surface area contributed by atoms with Crippen LogP contribution in [0, 0.1) is 11.8 Å². The van der Waals surface area contributed by atoms with Gasteiger partial charge in [-0.1, -0.05) is 68.7 Å². The fraction of sp³-hybridized carbons (Fsp3) is 0.636. The normalized spacial score (nSPS) is 15.3. The van der Waals surface area contributed by atoms with Crippen LogP contribution in [-0.4, -0.2) is 0 Å². The molecule has 2 atom stereocenters. The fourth-order valence-electron chi connectivity index (χ4n) is 2.92. The van der Waals surface area contributed by atoms with E-state index in [0.717, 1.165) is 11.8 Å². The van der Waals surface area contributed by atoms with Gasteiger partial charge in [0.2, 0.25) is 0 Å². The van der Waals surface area contributed by atoms with Crippen LogP contribution in [0.3, 0.4) is 0 Å². The van der Waals surface area contributed by atoms with Crippen LogP contribution in [0.2, 0.25) is 0 Å². The Morgan fingerprint density at radius 3 is 2.09 bits per heavy atom. The van der Waals surface area contributed by atoms with Crippen molar-refractivity contribution in [3.8, 4) is 0 Å². The molecule has 1 aromatic rings. The highest BCUT2D eigenvalue weighted by molar-refractivity contribution is 5.14. The van der Waals surface area contributed by atoms with E-state index in [-0.39, 0.29) is 0 Å². The smallest absolute Gasteiger partial charge is 0.0276 e. The second-order valence-corrected chi connectivity index (χ2v) is 7.18. The molecule has 0 heteroatoms. The summed E-state index contributed by atoms with van der Waals surface area (Å²) >= 11 is 0. The minimum Gasteiger partial charge on any atom is -0.0744 e. The SMILES string of the molecule is CCCCC(C)=C(C)CCC(C)C(C)CCc1ccccc1. The van der Waals surface area contributed by atoms with Crippen LogP contribution in [0.1, 0.15) is 78.7 Å². The standard InChI is InChI=1S/C22H36/c1-6-7-11-18(2)19(3)14-15-20(4)21(5)16-17-22-12-9-8-10-13-22/h8-10,12-13,20-21H,6-7,11,14-17H2,1-5H3. The molecule has 0 amide bonds. The summed E-state index contributed by atoms with van der Waals surface area (Å²) in [7, 11) is 0. The van der Waals surface area contributed by atoms with Crippen LogP contribution in [0.4, 0.5) is 0 Å². The van der Waals surface area contributed by atoms with Gasteiger partial charge in [-0.15, -0.1) is 0 Å². The molecule has 0 N–H and O–H groups in total. The molecule has 0 fully saturated rings. The zero-order chi connectivity index (χ0) is 16.4. The molecule has 124 valence electrons. The highest BCUT2D eigenvalue weighted by Gasteiger charge is 2.12. The average Bonchev–Trinajstić information content (AvgIpc) is 2.55. The van der Waals surface area contributed by atoms with Crippen molar-refractivity contribution in [1.82, 2.24) is 0 Å². The first-order valence-electron chi connectivity index (χ1n) is 9.23. The van der Waals surface area contributed by atoms with Gasteiger partial charge in [0.05, 0.1) is 0 Å². The second kappa shape index (κ2) is 10.6. The molecule has 0 aliphatic carbocycles. The fourth-order valence-corrected chi connectivity index (χ4v) is 2.92. The maximum absolute atomic E-state index is 2.43. The van der Waals surface area contributed by atoms with Crippen molar-refractivity contribution in [2.24, 2.45) is 11.8 Å². The van der Waals surface area contributed by atoms with Crippen molar-refractivity contribution >= 4 is 0 Å². The third kappa shape index (κ3) is 7.29. The van der Waals surface area contributed by atoms with E-state index >= 15 is 0 Å². The molecule has 1 rings (SSSR count). The van der Waals surface area contributed by atoms with Crippen molar-refractivity contribution in [3.63, 3.8) is 0 Å². The summed E-state index contributed by atoms with van der Waals surface area (Å²) in [6.45, 7) is 11.8. The molecule has 0 aliphatic rings. The van der Waals surface area contributed by atoms with Crippen molar-refractivity contribution in [3.05, 3.63) is 47.0 Å². The Hall–Kier alpha value is -1.04. The van der Waals surface area contributed by atoms with E-state index < -0.39 is 0 Å². The third-order valence-electron chi connectivity index (χ3n) is 5.31. The van der Waals surface area contributed by atoms with Crippen molar-refractivity contribution < 1.29 is 0 Å². The first-order valence-corrected chi connectivity index (χ1v) is 9.23. The van der Waals surface area contributed by atoms with Crippen LogP contribution in [0.5, 0.6) is 0 Å². The van der Waals surface area contributed by atoms with Gasteiger partial charge >= 0.3 is 0 Å². The van der Waals surface area contributed by atoms with Crippen LogP contribution >= 0.6 is 0 Å². The maximum atomic E-state index is 2.43. The molecule has 0 aromatic heterocycles. The van der Waals surface area contributed by atoms with E-state index in [1.54, 1.807) is 11.1 Å². The van der Waals surface area contributed by atoms with Crippen molar-refractivity contribution in [1.29, 1.82) is 0 Å². The molecular weight excluding hydrogens is 264 g/mol. The largest absolute Gasteiger partial charge is 0.0744 e. The molecule has 0 spiro atoms. The lowest BCUT2D eigenvalue weighted by Gasteiger charge is -2.20. The van der Waals surface area contributed by atoms with Gasteiger partial charge in [-0.2, -0.15) is 0 Å². The molecule has 0 heterocycles. The quantitative estimate of drug-likeness (QED) is 0.401. The number of hydrogen-bond acceptors (Lipinski definition) is 0. The van der Waals surface area contributed by atoms with Gasteiger partial charge in [0.1, 0.15) is 0 Å². The Morgan fingerprint density at radius 2 is 1.45 bits per heavy atom. The Kier molecular flexibility index (Phi) is 9.20. The molecule has 0 nitrogen and oxygen atoms in total. The molecule has 0 saturated carbocycles. The summed E-state index contributed by atoms with van der Waals surface area (Å²) in [6.07, 6.45) is 9.08. The maximum Gasteiger partial charge on any atom is -0.0276 e. The number of hydrogen-bond donors (Lipinski definition) is 0. The minimum absolute atomic E-state index is 0.809. The van der Waals surface area contributed by atoms with E-state index in [2.05, 4.69) is 65.0 Å². The van der Waals surface area contributed by atoms with E-state index in [4.69, 9.17) is 0 Å². The Balaban J connectivity index is 2.33. The predicted octanol–water partition coefficient (Wildman–Crippen LogP) is 7.20. The Labute approximate surface area is 139 Å². The number of benzene rings is 1. The first-order chi connectivity index (χ1) is 10.5. The summed E-state index contributed by atoms with van der Waals surface area (Å²) in [5.41, 5.74) is 4.74. The molecule has 0 aliphatic heterocycles. The van der Waals surface area contributed by atoms with Gasteiger partial charge in [0.25, 0.3) is 0 Å². The number of aryl methyl sites for hydroxylation is 1. The van der Waals surface area contributed by atoms with Crippen LogP contribution < -0.4 is 0 Å². The van der Waals surface area contributed by atoms with E-state index in [0.29, 0.717) is 0 Å². The molecule has 0 radical (unpaired) electrons. The minimum atomic E-state index is 0.809. The molecule has 0 saturated heterocycles. The van der Waals surface area contributed by atoms with E-state index in [1.807, 2.05) is 0 Å². The van der Waals surface area contributed by atoms with Crippen molar-refractivity contribution in [2.75, 3.05) is 0 Å². The highest BCUT2D eigenvalue weighted by atomic mass is 14.2. The lowest BCUT2D eigenvalue weighted by atomic mass is 9.85. The van der Waals surface area contributed by atoms with E-state index in [9.17, 15) is 0 Å². The Bertz CT molecular complexity index is 427. The molecule has 0 bridgehead atoms. The summed E-state index contributed by atoms with van der Waals surface area (Å²) in [5, 5.41) is 0. The van der Waals surface area contributed by atoms with Gasteiger partial charge in [-0.3, -0.25) is 0 Å². The Morgan fingerprint density at radius 1 is 0.864 bits per heavy atom. The molecule has 1 aromatic carbocycles. The third-order valence-corrected chi connectivity index (χ3v) is 5.31. The predicted molar refractivity (Wildman–Crippen MR) is 100 cm³/mol.